The van der Waals surface area contributed by atoms with Crippen molar-refractivity contribution >= 4 is 21.8 Å². The summed E-state index contributed by atoms with van der Waals surface area (Å²) < 4.78 is 25.2. The van der Waals surface area contributed by atoms with Crippen LogP contribution in [-0.2, 0) is 10.0 Å². The largest absolute Gasteiger partial charge is 0.354 e. The van der Waals surface area contributed by atoms with Gasteiger partial charge in [0.25, 0.3) is 0 Å². The molecule has 23 heavy (non-hydrogen) atoms. The fourth-order valence-electron chi connectivity index (χ4n) is 2.95. The van der Waals surface area contributed by atoms with Gasteiger partial charge in [0.15, 0.2) is 5.78 Å². The van der Waals surface area contributed by atoms with Gasteiger partial charge < -0.3 is 5.32 Å². The Morgan fingerprint density at radius 2 is 2.17 bits per heavy atom. The van der Waals surface area contributed by atoms with Crippen LogP contribution in [0.15, 0.2) is 6.20 Å². The topological polar surface area (TPSA) is 92.3 Å². The van der Waals surface area contributed by atoms with Crippen LogP contribution in [-0.4, -0.2) is 53.9 Å². The van der Waals surface area contributed by atoms with E-state index >= 15 is 0 Å². The van der Waals surface area contributed by atoms with Crippen molar-refractivity contribution in [1.82, 2.24) is 14.3 Å². The third-order valence-electron chi connectivity index (χ3n) is 4.12. The molecule has 7 nitrogen and oxygen atoms in total. The van der Waals surface area contributed by atoms with Gasteiger partial charge in [0.2, 0.25) is 16.0 Å². The molecule has 8 heteroatoms. The number of piperidine rings is 1. The van der Waals surface area contributed by atoms with E-state index in [4.69, 9.17) is 0 Å². The highest BCUT2D eigenvalue weighted by Gasteiger charge is 2.28. The van der Waals surface area contributed by atoms with E-state index < -0.39 is 10.0 Å². The number of rotatable bonds is 6. The van der Waals surface area contributed by atoms with Crippen LogP contribution < -0.4 is 5.32 Å². The average Bonchev–Trinajstić information content (AvgIpc) is 2.46. The highest BCUT2D eigenvalue weighted by Crippen LogP contribution is 2.22. The van der Waals surface area contributed by atoms with Crippen LogP contribution in [0.25, 0.3) is 0 Å². The Hall–Kier alpha value is -1.54. The predicted molar refractivity (Wildman–Crippen MR) is 89.1 cm³/mol. The average molecular weight is 340 g/mol. The Kier molecular flexibility index (Phi) is 5.69. The van der Waals surface area contributed by atoms with Gasteiger partial charge in [-0.1, -0.05) is 6.42 Å². The fourth-order valence-corrected chi connectivity index (χ4v) is 4.16. The predicted octanol–water partition coefficient (Wildman–Crippen LogP) is 1.60. The summed E-state index contributed by atoms with van der Waals surface area (Å²) in [4.78, 5) is 19.8. The molecular weight excluding hydrogens is 316 g/mol. The lowest BCUT2D eigenvalue weighted by atomic mass is 10.0. The van der Waals surface area contributed by atoms with E-state index in [2.05, 4.69) is 15.3 Å². The standard InChI is InChI=1S/C15H24N4O3S/c1-11-14(12(2)20)10-17-15(18-11)16-8-7-13-6-4-5-9-19(13)23(3,21)22/h10,13H,4-9H2,1-3H3,(H,16,17,18). The lowest BCUT2D eigenvalue weighted by Gasteiger charge is -2.33. The van der Waals surface area contributed by atoms with Crippen LogP contribution in [0.2, 0.25) is 0 Å². The Labute approximate surface area is 137 Å². The Morgan fingerprint density at radius 1 is 1.43 bits per heavy atom. The van der Waals surface area contributed by atoms with Crippen LogP contribution in [0.1, 0.15) is 48.7 Å². The maximum atomic E-state index is 11.8. The summed E-state index contributed by atoms with van der Waals surface area (Å²) >= 11 is 0. The molecule has 2 heterocycles. The normalized spacial score (nSPS) is 19.5. The number of hydrogen-bond acceptors (Lipinski definition) is 6. The second-order valence-electron chi connectivity index (χ2n) is 5.99. The number of nitrogens with zero attached hydrogens (tertiary/aromatic N) is 3. The monoisotopic (exact) mass is 340 g/mol. The number of carbonyl (C=O) groups excluding carboxylic acids is 1. The lowest BCUT2D eigenvalue weighted by Crippen LogP contribution is -2.43. The first-order valence-electron chi connectivity index (χ1n) is 7.84. The fraction of sp³-hybridized carbons (Fsp3) is 0.667. The van der Waals surface area contributed by atoms with Crippen molar-refractivity contribution in [2.45, 2.75) is 45.6 Å². The first-order valence-corrected chi connectivity index (χ1v) is 9.69. The quantitative estimate of drug-likeness (QED) is 0.791. The van der Waals surface area contributed by atoms with Gasteiger partial charge in [-0.15, -0.1) is 0 Å². The first-order chi connectivity index (χ1) is 10.8. The zero-order valence-corrected chi connectivity index (χ0v) is 14.7. The second-order valence-corrected chi connectivity index (χ2v) is 7.92. The number of aromatic nitrogens is 2. The molecule has 2 rings (SSSR count). The summed E-state index contributed by atoms with van der Waals surface area (Å²) in [6.45, 7) is 4.46. The molecule has 0 bridgehead atoms. The molecular formula is C15H24N4O3S. The van der Waals surface area contributed by atoms with Crippen LogP contribution in [0.5, 0.6) is 0 Å². The zero-order valence-electron chi connectivity index (χ0n) is 13.9. The van der Waals surface area contributed by atoms with Crippen LogP contribution in [0, 0.1) is 6.92 Å². The van der Waals surface area contributed by atoms with Crippen molar-refractivity contribution in [2.24, 2.45) is 0 Å². The molecule has 1 saturated heterocycles. The number of hydrogen-bond donors (Lipinski definition) is 1. The third kappa shape index (κ3) is 4.71. The van der Waals surface area contributed by atoms with E-state index in [-0.39, 0.29) is 11.8 Å². The Balaban J connectivity index is 1.93. The van der Waals surface area contributed by atoms with Gasteiger partial charge in [0.1, 0.15) is 0 Å². The summed E-state index contributed by atoms with van der Waals surface area (Å²) in [7, 11) is -3.16. The van der Waals surface area contributed by atoms with Crippen molar-refractivity contribution in [2.75, 3.05) is 24.7 Å². The highest BCUT2D eigenvalue weighted by atomic mass is 32.2. The van der Waals surface area contributed by atoms with Crippen molar-refractivity contribution in [3.05, 3.63) is 17.5 Å². The van der Waals surface area contributed by atoms with E-state index in [0.717, 1.165) is 19.3 Å². The van der Waals surface area contributed by atoms with Gasteiger partial charge in [-0.05, 0) is 33.1 Å². The van der Waals surface area contributed by atoms with Crippen molar-refractivity contribution in [1.29, 1.82) is 0 Å². The van der Waals surface area contributed by atoms with Crippen molar-refractivity contribution in [3.8, 4) is 0 Å². The molecule has 1 aliphatic rings. The summed E-state index contributed by atoms with van der Waals surface area (Å²) in [6, 6.07) is 0.0313. The molecule has 1 aliphatic heterocycles. The minimum absolute atomic E-state index is 0.0313. The minimum Gasteiger partial charge on any atom is -0.354 e. The van der Waals surface area contributed by atoms with Gasteiger partial charge in [-0.2, -0.15) is 4.31 Å². The summed E-state index contributed by atoms with van der Waals surface area (Å²) in [6.07, 6.45) is 6.37. The van der Waals surface area contributed by atoms with Gasteiger partial charge in [-0.25, -0.2) is 18.4 Å². The van der Waals surface area contributed by atoms with Crippen molar-refractivity contribution < 1.29 is 13.2 Å². The summed E-state index contributed by atoms with van der Waals surface area (Å²) in [5.74, 6) is 0.411. The zero-order chi connectivity index (χ0) is 17.0. The van der Waals surface area contributed by atoms with Crippen LogP contribution in [0.3, 0.4) is 0 Å². The number of sulfonamides is 1. The molecule has 1 aromatic rings. The molecule has 0 aromatic carbocycles. The van der Waals surface area contributed by atoms with Crippen LogP contribution in [0.4, 0.5) is 5.95 Å². The molecule has 1 N–H and O–H groups in total. The first kappa shape index (κ1) is 17.8. The van der Waals surface area contributed by atoms with E-state index in [1.165, 1.54) is 19.4 Å². The molecule has 1 fully saturated rings. The number of Topliss-reactive ketones (excluding diaryl/α,β-unsaturated/α-hetero) is 1. The Morgan fingerprint density at radius 3 is 2.78 bits per heavy atom. The molecule has 0 saturated carbocycles. The summed E-state index contributed by atoms with van der Waals surface area (Å²) in [5, 5.41) is 3.12. The van der Waals surface area contributed by atoms with Gasteiger partial charge in [-0.3, -0.25) is 4.79 Å². The molecule has 1 aromatic heterocycles. The Bertz CT molecular complexity index is 675. The molecule has 0 amide bonds. The van der Waals surface area contributed by atoms with Crippen molar-refractivity contribution in [3.63, 3.8) is 0 Å². The highest BCUT2D eigenvalue weighted by molar-refractivity contribution is 7.88. The van der Waals surface area contributed by atoms with E-state index in [1.54, 1.807) is 11.2 Å². The molecule has 1 unspecified atom stereocenters. The van der Waals surface area contributed by atoms with Gasteiger partial charge >= 0.3 is 0 Å². The second kappa shape index (κ2) is 7.35. The number of ketones is 1. The molecule has 0 spiro atoms. The molecule has 0 radical (unpaired) electrons. The maximum Gasteiger partial charge on any atom is 0.222 e. The minimum atomic E-state index is -3.16. The SMILES string of the molecule is CC(=O)c1cnc(NCCC2CCCCN2S(C)(=O)=O)nc1C. The number of carbonyl (C=O) groups is 1. The van der Waals surface area contributed by atoms with E-state index in [0.29, 0.717) is 36.7 Å². The molecule has 1 atom stereocenters. The number of aryl methyl sites for hydroxylation is 1. The van der Waals surface area contributed by atoms with E-state index in [9.17, 15) is 13.2 Å². The number of nitrogens with one attached hydrogen (secondary N) is 1. The number of anilines is 1. The molecule has 0 aliphatic carbocycles. The smallest absolute Gasteiger partial charge is 0.222 e. The lowest BCUT2D eigenvalue weighted by molar-refractivity contribution is 0.101. The molecule has 128 valence electrons. The maximum absolute atomic E-state index is 11.8. The van der Waals surface area contributed by atoms with Crippen LogP contribution >= 0.6 is 0 Å². The van der Waals surface area contributed by atoms with Gasteiger partial charge in [0, 0.05) is 25.3 Å². The third-order valence-corrected chi connectivity index (χ3v) is 5.45. The summed E-state index contributed by atoms with van der Waals surface area (Å²) in [5.41, 5.74) is 1.16. The van der Waals surface area contributed by atoms with Gasteiger partial charge in [0.05, 0.1) is 17.5 Å². The van der Waals surface area contributed by atoms with E-state index in [1.807, 2.05) is 0 Å².